The number of thioether (sulfide) groups is 1. The van der Waals surface area contributed by atoms with Crippen LogP contribution in [-0.2, 0) is 16.3 Å². The second kappa shape index (κ2) is 6.37. The zero-order chi connectivity index (χ0) is 17.5. The van der Waals surface area contributed by atoms with Gasteiger partial charge in [0.25, 0.3) is 5.56 Å². The Hall–Kier alpha value is -1.60. The molecule has 0 spiro atoms. The van der Waals surface area contributed by atoms with E-state index in [1.54, 1.807) is 28.8 Å². The van der Waals surface area contributed by atoms with Gasteiger partial charge in [0.1, 0.15) is 0 Å². The average molecular weight is 364 g/mol. The molecule has 0 amide bonds. The molecule has 5 nitrogen and oxygen atoms in total. The summed E-state index contributed by atoms with van der Waals surface area (Å²) in [7, 11) is -3.45. The Bertz CT molecular complexity index is 932. The highest BCUT2D eigenvalue weighted by Gasteiger charge is 2.31. The molecule has 0 saturated carbocycles. The van der Waals surface area contributed by atoms with Crippen LogP contribution in [0.2, 0.25) is 0 Å². The van der Waals surface area contributed by atoms with Gasteiger partial charge in [-0.2, -0.15) is 0 Å². The minimum absolute atomic E-state index is 0.0795. The van der Waals surface area contributed by atoms with Crippen LogP contribution >= 0.6 is 11.8 Å². The van der Waals surface area contributed by atoms with Gasteiger partial charge in [-0.15, -0.1) is 0 Å². The minimum Gasteiger partial charge on any atom is -0.282 e. The first-order valence-electron chi connectivity index (χ1n) is 7.87. The molecule has 1 aromatic heterocycles. The van der Waals surface area contributed by atoms with Gasteiger partial charge >= 0.3 is 0 Å². The number of fused-ring (bicyclic) bond motifs is 1. The van der Waals surface area contributed by atoms with E-state index in [0.717, 1.165) is 11.3 Å². The Balaban J connectivity index is 1.97. The molecule has 128 valence electrons. The third kappa shape index (κ3) is 3.02. The molecule has 1 aliphatic heterocycles. The molecule has 0 bridgehead atoms. The van der Waals surface area contributed by atoms with Crippen molar-refractivity contribution in [3.05, 3.63) is 51.4 Å². The SMILES string of the molecule is CCc1c(C)nc2n(c1=O)[C@H](CS(=O)(=O)c1ccc(C)cc1)CS2. The lowest BCUT2D eigenvalue weighted by Crippen LogP contribution is -2.31. The number of sulfone groups is 1. The van der Waals surface area contributed by atoms with Gasteiger partial charge in [-0.1, -0.05) is 36.4 Å². The van der Waals surface area contributed by atoms with Crippen molar-refractivity contribution in [2.45, 2.75) is 43.3 Å². The van der Waals surface area contributed by atoms with E-state index in [2.05, 4.69) is 4.98 Å². The fourth-order valence-electron chi connectivity index (χ4n) is 2.95. The maximum absolute atomic E-state index is 12.7. The topological polar surface area (TPSA) is 69.0 Å². The average Bonchev–Trinajstić information content (AvgIpc) is 2.90. The molecule has 0 fully saturated rings. The van der Waals surface area contributed by atoms with Crippen LogP contribution in [0.4, 0.5) is 0 Å². The molecule has 0 unspecified atom stereocenters. The Morgan fingerprint density at radius 2 is 1.92 bits per heavy atom. The molecule has 3 rings (SSSR count). The predicted octanol–water partition coefficient (Wildman–Crippen LogP) is 2.54. The minimum atomic E-state index is -3.45. The molecule has 0 radical (unpaired) electrons. The Morgan fingerprint density at radius 3 is 2.54 bits per heavy atom. The second-order valence-electron chi connectivity index (χ2n) is 6.05. The fraction of sp³-hybridized carbons (Fsp3) is 0.412. The molecule has 1 atom stereocenters. The summed E-state index contributed by atoms with van der Waals surface area (Å²) < 4.78 is 27.0. The number of nitrogens with zero attached hydrogens (tertiary/aromatic N) is 2. The van der Waals surface area contributed by atoms with E-state index in [0.29, 0.717) is 27.8 Å². The van der Waals surface area contributed by atoms with Crippen molar-refractivity contribution in [3.63, 3.8) is 0 Å². The maximum atomic E-state index is 12.7. The van der Waals surface area contributed by atoms with Crippen LogP contribution in [0.3, 0.4) is 0 Å². The van der Waals surface area contributed by atoms with Gasteiger partial charge in [0.05, 0.1) is 16.7 Å². The van der Waals surface area contributed by atoms with Crippen LogP contribution in [0.1, 0.15) is 29.8 Å². The molecule has 2 heterocycles. The maximum Gasteiger partial charge on any atom is 0.257 e. The molecule has 24 heavy (non-hydrogen) atoms. The van der Waals surface area contributed by atoms with E-state index in [1.807, 2.05) is 20.8 Å². The first-order chi connectivity index (χ1) is 11.3. The first kappa shape index (κ1) is 17.2. The fourth-order valence-corrected chi connectivity index (χ4v) is 5.79. The Morgan fingerprint density at radius 1 is 1.25 bits per heavy atom. The number of hydrogen-bond donors (Lipinski definition) is 0. The van der Waals surface area contributed by atoms with E-state index in [-0.39, 0.29) is 17.4 Å². The van der Waals surface area contributed by atoms with Crippen LogP contribution in [0.5, 0.6) is 0 Å². The number of rotatable bonds is 4. The highest BCUT2D eigenvalue weighted by atomic mass is 32.2. The summed E-state index contributed by atoms with van der Waals surface area (Å²) in [6.07, 6.45) is 0.597. The van der Waals surface area contributed by atoms with Gasteiger partial charge < -0.3 is 0 Å². The molecule has 2 aromatic rings. The largest absolute Gasteiger partial charge is 0.282 e. The van der Waals surface area contributed by atoms with Crippen LogP contribution in [0.15, 0.2) is 39.1 Å². The third-order valence-electron chi connectivity index (χ3n) is 4.30. The van der Waals surface area contributed by atoms with Crippen molar-refractivity contribution in [2.24, 2.45) is 0 Å². The lowest BCUT2D eigenvalue weighted by Gasteiger charge is -2.15. The highest BCUT2D eigenvalue weighted by molar-refractivity contribution is 7.99. The summed E-state index contributed by atoms with van der Waals surface area (Å²) in [6.45, 7) is 5.66. The summed E-state index contributed by atoms with van der Waals surface area (Å²) in [5.74, 6) is 0.476. The van der Waals surface area contributed by atoms with E-state index in [4.69, 9.17) is 0 Å². The summed E-state index contributed by atoms with van der Waals surface area (Å²) in [5.41, 5.74) is 2.32. The van der Waals surface area contributed by atoms with Crippen LogP contribution < -0.4 is 5.56 Å². The molecule has 1 aliphatic rings. The van der Waals surface area contributed by atoms with E-state index in [1.165, 1.54) is 11.8 Å². The van der Waals surface area contributed by atoms with Gasteiger partial charge in [0.15, 0.2) is 15.0 Å². The van der Waals surface area contributed by atoms with Crippen LogP contribution in [0, 0.1) is 13.8 Å². The van der Waals surface area contributed by atoms with Crippen molar-refractivity contribution in [2.75, 3.05) is 11.5 Å². The van der Waals surface area contributed by atoms with Gasteiger partial charge in [0, 0.05) is 17.0 Å². The molecular formula is C17H20N2O3S2. The second-order valence-corrected chi connectivity index (χ2v) is 9.07. The Kier molecular flexibility index (Phi) is 4.57. The van der Waals surface area contributed by atoms with Gasteiger partial charge in [-0.3, -0.25) is 9.36 Å². The molecule has 0 saturated heterocycles. The number of aryl methyl sites for hydroxylation is 2. The number of hydrogen-bond acceptors (Lipinski definition) is 5. The van der Waals surface area contributed by atoms with Gasteiger partial charge in [-0.25, -0.2) is 13.4 Å². The van der Waals surface area contributed by atoms with Gasteiger partial charge in [0.2, 0.25) is 0 Å². The predicted molar refractivity (Wildman–Crippen MR) is 95.6 cm³/mol. The molecule has 0 N–H and O–H groups in total. The van der Waals surface area contributed by atoms with Crippen molar-refractivity contribution in [1.29, 1.82) is 0 Å². The Labute approximate surface area is 146 Å². The zero-order valence-corrected chi connectivity index (χ0v) is 15.6. The van der Waals surface area contributed by atoms with Crippen molar-refractivity contribution in [1.82, 2.24) is 9.55 Å². The molecule has 1 aromatic carbocycles. The standard InChI is InChI=1S/C17H20N2O3S2/c1-4-15-12(3)18-17-19(16(15)20)13(9-23-17)10-24(21,22)14-7-5-11(2)6-8-14/h5-8,13H,4,9-10H2,1-3H3/t13-/m0/s1. The summed E-state index contributed by atoms with van der Waals surface area (Å²) >= 11 is 1.45. The van der Waals surface area contributed by atoms with E-state index in [9.17, 15) is 13.2 Å². The zero-order valence-electron chi connectivity index (χ0n) is 13.9. The van der Waals surface area contributed by atoms with Crippen LogP contribution in [0.25, 0.3) is 0 Å². The lowest BCUT2D eigenvalue weighted by molar-refractivity contribution is 0.520. The first-order valence-corrected chi connectivity index (χ1v) is 10.5. The quantitative estimate of drug-likeness (QED) is 0.780. The lowest BCUT2D eigenvalue weighted by atomic mass is 10.2. The smallest absolute Gasteiger partial charge is 0.257 e. The molecule has 7 heteroatoms. The van der Waals surface area contributed by atoms with Crippen molar-refractivity contribution >= 4 is 21.6 Å². The monoisotopic (exact) mass is 364 g/mol. The van der Waals surface area contributed by atoms with E-state index < -0.39 is 9.84 Å². The molecular weight excluding hydrogens is 344 g/mol. The summed E-state index contributed by atoms with van der Waals surface area (Å²) in [5, 5.41) is 0.624. The summed E-state index contributed by atoms with van der Waals surface area (Å²) in [6, 6.07) is 6.46. The van der Waals surface area contributed by atoms with Crippen molar-refractivity contribution < 1.29 is 8.42 Å². The van der Waals surface area contributed by atoms with Gasteiger partial charge in [-0.05, 0) is 32.4 Å². The summed E-state index contributed by atoms with van der Waals surface area (Å²) in [4.78, 5) is 17.5. The molecule has 0 aliphatic carbocycles. The third-order valence-corrected chi connectivity index (χ3v) is 7.21. The number of benzene rings is 1. The van der Waals surface area contributed by atoms with Crippen molar-refractivity contribution in [3.8, 4) is 0 Å². The van der Waals surface area contributed by atoms with E-state index >= 15 is 0 Å². The van der Waals surface area contributed by atoms with Crippen LogP contribution in [-0.4, -0.2) is 29.5 Å². The number of aromatic nitrogens is 2. The normalized spacial score (nSPS) is 17.0. The highest BCUT2D eigenvalue weighted by Crippen LogP contribution is 2.32.